The van der Waals surface area contributed by atoms with Crippen LogP contribution in [0.15, 0.2) is 12.1 Å². The maximum Gasteiger partial charge on any atom is 0.303 e. The van der Waals surface area contributed by atoms with Crippen molar-refractivity contribution in [1.29, 1.82) is 0 Å². The monoisotopic (exact) mass is 398 g/mol. The number of hydrogen-bond donors (Lipinski definition) is 2. The van der Waals surface area contributed by atoms with Gasteiger partial charge in [0, 0.05) is 25.1 Å². The molecule has 1 heterocycles. The predicted molar refractivity (Wildman–Crippen MR) is 98.2 cm³/mol. The summed E-state index contributed by atoms with van der Waals surface area (Å²) in [7, 11) is 1.40. The Morgan fingerprint density at radius 2 is 2.11 bits per heavy atom. The summed E-state index contributed by atoms with van der Waals surface area (Å²) in [5.41, 5.74) is 5.40. The number of nitrogens with zero attached hydrogens (tertiary/aromatic N) is 1. The lowest BCUT2D eigenvalue weighted by molar-refractivity contribution is -0.137. The minimum atomic E-state index is -0.832. The van der Waals surface area contributed by atoms with Gasteiger partial charge in [-0.25, -0.2) is 0 Å². The fourth-order valence-electron chi connectivity index (χ4n) is 3.12. The molecule has 0 aromatic heterocycles. The lowest BCUT2D eigenvalue weighted by Crippen LogP contribution is -2.40. The molecule has 0 aliphatic carbocycles. The van der Waals surface area contributed by atoms with Crippen LogP contribution in [0.2, 0.25) is 5.02 Å². The molecule has 27 heavy (non-hydrogen) atoms. The van der Waals surface area contributed by atoms with Crippen LogP contribution in [-0.2, 0) is 9.59 Å². The topological polar surface area (TPSA) is 119 Å². The quantitative estimate of drug-likeness (QED) is 0.690. The number of ether oxygens (including phenoxy) is 2. The zero-order chi connectivity index (χ0) is 20.0. The van der Waals surface area contributed by atoms with Gasteiger partial charge < -0.3 is 25.2 Å². The van der Waals surface area contributed by atoms with E-state index in [2.05, 4.69) is 0 Å². The van der Waals surface area contributed by atoms with Crippen molar-refractivity contribution >= 4 is 29.4 Å². The average Bonchev–Trinajstić information content (AvgIpc) is 2.64. The van der Waals surface area contributed by atoms with Crippen LogP contribution in [0, 0.1) is 5.92 Å². The maximum atomic E-state index is 12.9. The SMILES string of the molecule is COc1cc(C(=O)N2CCCC(CCC(=O)O)C2)cc(Cl)c1OCC(N)=O. The van der Waals surface area contributed by atoms with Crippen LogP contribution in [0.5, 0.6) is 11.5 Å². The Balaban J connectivity index is 2.14. The number of benzene rings is 1. The van der Waals surface area contributed by atoms with Crippen LogP contribution < -0.4 is 15.2 Å². The molecule has 9 heteroatoms. The van der Waals surface area contributed by atoms with E-state index in [1.54, 1.807) is 4.90 Å². The second-order valence-electron chi connectivity index (χ2n) is 6.44. The Morgan fingerprint density at radius 1 is 1.37 bits per heavy atom. The standard InChI is InChI=1S/C18H23ClN2O6/c1-26-14-8-12(7-13(19)17(14)27-10-15(20)22)18(25)21-6-2-3-11(9-21)4-5-16(23)24/h7-8,11H,2-6,9-10H2,1H3,(H2,20,22)(H,23,24). The number of carboxylic acids is 1. The van der Waals surface area contributed by atoms with Crippen molar-refractivity contribution in [3.63, 3.8) is 0 Å². The van der Waals surface area contributed by atoms with Gasteiger partial charge in [0.2, 0.25) is 0 Å². The second-order valence-corrected chi connectivity index (χ2v) is 6.84. The van der Waals surface area contributed by atoms with E-state index in [0.717, 1.165) is 12.8 Å². The largest absolute Gasteiger partial charge is 0.493 e. The molecule has 148 valence electrons. The lowest BCUT2D eigenvalue weighted by Gasteiger charge is -2.33. The number of amides is 2. The molecule has 1 unspecified atom stereocenters. The molecule has 2 amide bonds. The highest BCUT2D eigenvalue weighted by Gasteiger charge is 2.26. The molecule has 1 aromatic carbocycles. The zero-order valence-electron chi connectivity index (χ0n) is 15.1. The molecule has 1 atom stereocenters. The molecule has 1 aliphatic heterocycles. The van der Waals surface area contributed by atoms with E-state index in [0.29, 0.717) is 25.1 Å². The maximum absolute atomic E-state index is 12.9. The molecule has 1 aromatic rings. The van der Waals surface area contributed by atoms with E-state index in [1.165, 1.54) is 19.2 Å². The summed E-state index contributed by atoms with van der Waals surface area (Å²) in [6, 6.07) is 2.97. The number of primary amides is 1. The summed E-state index contributed by atoms with van der Waals surface area (Å²) in [6.45, 7) is 0.745. The Hall–Kier alpha value is -2.48. The van der Waals surface area contributed by atoms with E-state index in [1.807, 2.05) is 0 Å². The summed E-state index contributed by atoms with van der Waals surface area (Å²) in [4.78, 5) is 36.2. The number of methoxy groups -OCH3 is 1. The summed E-state index contributed by atoms with van der Waals surface area (Å²) >= 11 is 6.20. The molecule has 0 saturated carbocycles. The van der Waals surface area contributed by atoms with E-state index in [-0.39, 0.29) is 41.4 Å². The number of nitrogens with two attached hydrogens (primary N) is 1. The molecule has 0 radical (unpaired) electrons. The first-order valence-corrected chi connectivity index (χ1v) is 8.99. The molecule has 2 rings (SSSR count). The molecular formula is C18H23ClN2O6. The van der Waals surface area contributed by atoms with Crippen LogP contribution in [0.4, 0.5) is 0 Å². The highest BCUT2D eigenvalue weighted by atomic mass is 35.5. The number of hydrogen-bond acceptors (Lipinski definition) is 5. The van der Waals surface area contributed by atoms with Crippen LogP contribution in [0.1, 0.15) is 36.0 Å². The van der Waals surface area contributed by atoms with Gasteiger partial charge in [0.1, 0.15) is 0 Å². The molecule has 1 saturated heterocycles. The number of aliphatic carboxylic acids is 1. The molecule has 1 aliphatic rings. The third-order valence-electron chi connectivity index (χ3n) is 4.41. The van der Waals surface area contributed by atoms with Gasteiger partial charge in [0.15, 0.2) is 18.1 Å². The molecular weight excluding hydrogens is 376 g/mol. The molecule has 0 spiro atoms. The van der Waals surface area contributed by atoms with Crippen molar-refractivity contribution in [1.82, 2.24) is 4.90 Å². The van der Waals surface area contributed by atoms with Gasteiger partial charge in [-0.3, -0.25) is 14.4 Å². The van der Waals surface area contributed by atoms with Crippen LogP contribution in [-0.4, -0.2) is 54.6 Å². The number of carbonyl (C=O) groups is 3. The van der Waals surface area contributed by atoms with Crippen LogP contribution in [0.3, 0.4) is 0 Å². The van der Waals surface area contributed by atoms with Gasteiger partial charge in [0.05, 0.1) is 12.1 Å². The third kappa shape index (κ3) is 5.75. The Labute approximate surface area is 162 Å². The van der Waals surface area contributed by atoms with E-state index in [9.17, 15) is 14.4 Å². The minimum Gasteiger partial charge on any atom is -0.493 e. The molecule has 3 N–H and O–H groups in total. The molecule has 1 fully saturated rings. The van der Waals surface area contributed by atoms with Crippen molar-refractivity contribution in [2.75, 3.05) is 26.8 Å². The first-order chi connectivity index (χ1) is 12.8. The number of halogens is 1. The average molecular weight is 399 g/mol. The van der Waals surface area contributed by atoms with Gasteiger partial charge in [-0.15, -0.1) is 0 Å². The predicted octanol–water partition coefficient (Wildman–Crippen LogP) is 1.93. The number of piperidine rings is 1. The fraction of sp³-hybridized carbons (Fsp3) is 0.500. The highest BCUT2D eigenvalue weighted by molar-refractivity contribution is 6.32. The highest BCUT2D eigenvalue weighted by Crippen LogP contribution is 2.37. The third-order valence-corrected chi connectivity index (χ3v) is 4.69. The lowest BCUT2D eigenvalue weighted by atomic mass is 9.93. The van der Waals surface area contributed by atoms with Crippen molar-refractivity contribution in [3.8, 4) is 11.5 Å². The van der Waals surface area contributed by atoms with E-state index >= 15 is 0 Å². The minimum absolute atomic E-state index is 0.0955. The molecule has 8 nitrogen and oxygen atoms in total. The van der Waals surface area contributed by atoms with Gasteiger partial charge in [0.25, 0.3) is 11.8 Å². The summed E-state index contributed by atoms with van der Waals surface area (Å²) in [6.07, 6.45) is 2.36. The number of rotatable bonds is 8. The number of carbonyl (C=O) groups excluding carboxylic acids is 2. The van der Waals surface area contributed by atoms with Crippen molar-refractivity contribution in [3.05, 3.63) is 22.7 Å². The van der Waals surface area contributed by atoms with Gasteiger partial charge >= 0.3 is 5.97 Å². The van der Waals surface area contributed by atoms with E-state index < -0.39 is 11.9 Å². The summed E-state index contributed by atoms with van der Waals surface area (Å²) in [5, 5.41) is 8.98. The van der Waals surface area contributed by atoms with Crippen molar-refractivity contribution in [2.24, 2.45) is 11.7 Å². The molecule has 0 bridgehead atoms. The first-order valence-electron chi connectivity index (χ1n) is 8.61. The number of carboxylic acid groups (broad SMARTS) is 1. The summed E-state index contributed by atoms with van der Waals surface area (Å²) < 4.78 is 10.5. The van der Waals surface area contributed by atoms with Crippen LogP contribution in [0.25, 0.3) is 0 Å². The Bertz CT molecular complexity index is 724. The van der Waals surface area contributed by atoms with E-state index in [4.69, 9.17) is 31.9 Å². The Kier molecular flexibility index (Phi) is 7.29. The smallest absolute Gasteiger partial charge is 0.303 e. The van der Waals surface area contributed by atoms with Gasteiger partial charge in [-0.2, -0.15) is 0 Å². The van der Waals surface area contributed by atoms with Crippen molar-refractivity contribution in [2.45, 2.75) is 25.7 Å². The Morgan fingerprint density at radius 3 is 2.74 bits per heavy atom. The normalized spacial score (nSPS) is 16.7. The fourth-order valence-corrected chi connectivity index (χ4v) is 3.39. The first kappa shape index (κ1) is 20.8. The summed E-state index contributed by atoms with van der Waals surface area (Å²) in [5.74, 6) is -1.17. The van der Waals surface area contributed by atoms with Gasteiger partial charge in [-0.1, -0.05) is 11.6 Å². The van der Waals surface area contributed by atoms with Crippen LogP contribution >= 0.6 is 11.6 Å². The van der Waals surface area contributed by atoms with Gasteiger partial charge in [-0.05, 0) is 37.3 Å². The second kappa shape index (κ2) is 9.45. The number of likely N-dealkylation sites (tertiary alicyclic amines) is 1. The van der Waals surface area contributed by atoms with Crippen molar-refractivity contribution < 1.29 is 29.0 Å². The zero-order valence-corrected chi connectivity index (χ0v) is 15.8.